The molecule has 3 unspecified atom stereocenters. The number of amides is 2. The molecule has 21 heavy (non-hydrogen) atoms. The molecule has 2 aliphatic rings. The van der Waals surface area contributed by atoms with Gasteiger partial charge in [-0.3, -0.25) is 9.59 Å². The molecule has 2 saturated carbocycles. The lowest BCUT2D eigenvalue weighted by Crippen LogP contribution is -2.27. The zero-order chi connectivity index (χ0) is 15.0. The van der Waals surface area contributed by atoms with Gasteiger partial charge < -0.3 is 10.2 Å². The van der Waals surface area contributed by atoms with Gasteiger partial charge in [0.25, 0.3) is 0 Å². The van der Waals surface area contributed by atoms with Crippen molar-refractivity contribution in [3.63, 3.8) is 0 Å². The lowest BCUT2D eigenvalue weighted by atomic mass is 9.88. The van der Waals surface area contributed by atoms with Gasteiger partial charge in [-0.1, -0.05) is 6.42 Å². The minimum atomic E-state index is -0.00577. The van der Waals surface area contributed by atoms with Gasteiger partial charge in [0.1, 0.15) is 0 Å². The van der Waals surface area contributed by atoms with Crippen LogP contribution in [0.15, 0.2) is 24.3 Å². The van der Waals surface area contributed by atoms with Crippen LogP contribution < -0.4 is 10.2 Å². The molecule has 4 nitrogen and oxygen atoms in total. The van der Waals surface area contributed by atoms with Crippen LogP contribution in [-0.4, -0.2) is 18.9 Å². The van der Waals surface area contributed by atoms with Gasteiger partial charge in [0.05, 0.1) is 0 Å². The van der Waals surface area contributed by atoms with E-state index in [-0.39, 0.29) is 17.7 Å². The second-order valence-electron chi connectivity index (χ2n) is 6.40. The van der Waals surface area contributed by atoms with Gasteiger partial charge in [0, 0.05) is 31.3 Å². The van der Waals surface area contributed by atoms with Crippen molar-refractivity contribution in [3.8, 4) is 0 Å². The summed E-state index contributed by atoms with van der Waals surface area (Å²) in [7, 11) is 1.74. The summed E-state index contributed by atoms with van der Waals surface area (Å²) in [6, 6.07) is 7.44. The van der Waals surface area contributed by atoms with Crippen LogP contribution in [0.2, 0.25) is 0 Å². The van der Waals surface area contributed by atoms with Crippen LogP contribution in [0.5, 0.6) is 0 Å². The predicted molar refractivity (Wildman–Crippen MR) is 83.1 cm³/mol. The lowest BCUT2D eigenvalue weighted by molar-refractivity contribution is -0.121. The van der Waals surface area contributed by atoms with Gasteiger partial charge in [-0.05, 0) is 55.4 Å². The van der Waals surface area contributed by atoms with Crippen molar-refractivity contribution in [2.75, 3.05) is 17.3 Å². The molecule has 0 spiro atoms. The number of carbonyl (C=O) groups is 2. The second-order valence-corrected chi connectivity index (χ2v) is 6.40. The molecule has 0 aromatic heterocycles. The van der Waals surface area contributed by atoms with Crippen molar-refractivity contribution in [1.82, 2.24) is 0 Å². The fraction of sp³-hybridized carbons (Fsp3) is 0.529. The zero-order valence-corrected chi connectivity index (χ0v) is 12.6. The quantitative estimate of drug-likeness (QED) is 0.928. The van der Waals surface area contributed by atoms with Crippen LogP contribution in [0.25, 0.3) is 0 Å². The van der Waals surface area contributed by atoms with Crippen molar-refractivity contribution >= 4 is 23.2 Å². The van der Waals surface area contributed by atoms with E-state index in [1.807, 2.05) is 24.3 Å². The Morgan fingerprint density at radius 3 is 2.38 bits per heavy atom. The van der Waals surface area contributed by atoms with Gasteiger partial charge in [-0.2, -0.15) is 0 Å². The van der Waals surface area contributed by atoms with Crippen LogP contribution >= 0.6 is 0 Å². The van der Waals surface area contributed by atoms with Gasteiger partial charge in [-0.15, -0.1) is 0 Å². The van der Waals surface area contributed by atoms with Gasteiger partial charge >= 0.3 is 0 Å². The smallest absolute Gasteiger partial charge is 0.227 e. The van der Waals surface area contributed by atoms with E-state index in [0.717, 1.165) is 23.7 Å². The molecule has 0 saturated heterocycles. The highest BCUT2D eigenvalue weighted by atomic mass is 16.2. The van der Waals surface area contributed by atoms with Crippen molar-refractivity contribution in [3.05, 3.63) is 24.3 Å². The second kappa shape index (κ2) is 5.51. The average Bonchev–Trinajstić information content (AvgIpc) is 3.10. The maximum Gasteiger partial charge on any atom is 0.227 e. The molecule has 3 rings (SSSR count). The number of nitrogens with one attached hydrogen (secondary N) is 1. The summed E-state index contributed by atoms with van der Waals surface area (Å²) < 4.78 is 0. The molecule has 1 aromatic rings. The van der Waals surface area contributed by atoms with E-state index in [4.69, 9.17) is 0 Å². The first kappa shape index (κ1) is 14.1. The Hall–Kier alpha value is -1.84. The van der Waals surface area contributed by atoms with Crippen molar-refractivity contribution in [2.45, 2.75) is 32.6 Å². The first-order valence-electron chi connectivity index (χ1n) is 7.70. The molecular weight excluding hydrogens is 264 g/mol. The normalized spacial score (nSPS) is 26.7. The Morgan fingerprint density at radius 1 is 1.14 bits per heavy atom. The third-order valence-electron chi connectivity index (χ3n) is 5.07. The molecule has 4 heteroatoms. The first-order chi connectivity index (χ1) is 10.0. The van der Waals surface area contributed by atoms with Crippen molar-refractivity contribution in [2.24, 2.45) is 17.8 Å². The Labute approximate surface area is 125 Å². The Balaban J connectivity index is 1.63. The van der Waals surface area contributed by atoms with E-state index < -0.39 is 0 Å². The van der Waals surface area contributed by atoms with Crippen LogP contribution in [0.4, 0.5) is 11.4 Å². The summed E-state index contributed by atoms with van der Waals surface area (Å²) in [5.74, 6) is 1.72. The zero-order valence-electron chi connectivity index (χ0n) is 12.6. The standard InChI is InChI=1S/C17H22N2O2/c1-11(20)19(2)15-7-5-14(6-8-15)18-17(21)16-10-12-3-4-13(16)9-12/h5-8,12-13,16H,3-4,9-10H2,1-2H3,(H,18,21). The highest BCUT2D eigenvalue weighted by Crippen LogP contribution is 2.48. The Bertz CT molecular complexity index is 552. The number of anilines is 2. The summed E-state index contributed by atoms with van der Waals surface area (Å²) in [5, 5.41) is 3.02. The molecule has 1 N–H and O–H groups in total. The fourth-order valence-corrected chi connectivity index (χ4v) is 3.75. The van der Waals surface area contributed by atoms with E-state index in [1.165, 1.54) is 26.2 Å². The molecule has 0 aliphatic heterocycles. The number of benzene rings is 1. The maximum atomic E-state index is 12.4. The molecule has 0 radical (unpaired) electrons. The SMILES string of the molecule is CC(=O)N(C)c1ccc(NC(=O)C2CC3CCC2C3)cc1. The van der Waals surface area contributed by atoms with Crippen molar-refractivity contribution in [1.29, 1.82) is 0 Å². The molecular formula is C17H22N2O2. The molecule has 2 fully saturated rings. The number of hydrogen-bond donors (Lipinski definition) is 1. The lowest BCUT2D eigenvalue weighted by Gasteiger charge is -2.21. The van der Waals surface area contributed by atoms with E-state index in [9.17, 15) is 9.59 Å². The summed E-state index contributed by atoms with van der Waals surface area (Å²) in [4.78, 5) is 25.3. The molecule has 3 atom stereocenters. The largest absolute Gasteiger partial charge is 0.326 e. The summed E-state index contributed by atoms with van der Waals surface area (Å²) >= 11 is 0. The minimum absolute atomic E-state index is 0.00577. The van der Waals surface area contributed by atoms with E-state index in [0.29, 0.717) is 5.92 Å². The third-order valence-corrected chi connectivity index (χ3v) is 5.07. The first-order valence-corrected chi connectivity index (χ1v) is 7.70. The minimum Gasteiger partial charge on any atom is -0.326 e. The van der Waals surface area contributed by atoms with Crippen molar-refractivity contribution < 1.29 is 9.59 Å². The van der Waals surface area contributed by atoms with Crippen LogP contribution in [0, 0.1) is 17.8 Å². The molecule has 0 heterocycles. The van der Waals surface area contributed by atoms with Crippen LogP contribution in [0.1, 0.15) is 32.6 Å². The Kier molecular flexibility index (Phi) is 3.70. The molecule has 1 aromatic carbocycles. The molecule has 112 valence electrons. The topological polar surface area (TPSA) is 49.4 Å². The highest BCUT2D eigenvalue weighted by molar-refractivity contribution is 5.94. The number of carbonyl (C=O) groups excluding carboxylic acids is 2. The summed E-state index contributed by atoms with van der Waals surface area (Å²) in [6.45, 7) is 1.53. The van der Waals surface area contributed by atoms with E-state index in [2.05, 4.69) is 5.32 Å². The number of nitrogens with zero attached hydrogens (tertiary/aromatic N) is 1. The molecule has 2 bridgehead atoms. The van der Waals surface area contributed by atoms with E-state index >= 15 is 0 Å². The van der Waals surface area contributed by atoms with Crippen LogP contribution in [0.3, 0.4) is 0 Å². The van der Waals surface area contributed by atoms with Gasteiger partial charge in [0.2, 0.25) is 11.8 Å². The number of fused-ring (bicyclic) bond motifs is 2. The molecule has 2 amide bonds. The summed E-state index contributed by atoms with van der Waals surface area (Å²) in [5.41, 5.74) is 1.64. The number of hydrogen-bond acceptors (Lipinski definition) is 2. The van der Waals surface area contributed by atoms with Gasteiger partial charge in [0.15, 0.2) is 0 Å². The van der Waals surface area contributed by atoms with Gasteiger partial charge in [-0.25, -0.2) is 0 Å². The van der Waals surface area contributed by atoms with Crippen LogP contribution in [-0.2, 0) is 9.59 Å². The monoisotopic (exact) mass is 286 g/mol. The fourth-order valence-electron chi connectivity index (χ4n) is 3.75. The predicted octanol–water partition coefficient (Wildman–Crippen LogP) is 3.04. The Morgan fingerprint density at radius 2 is 1.86 bits per heavy atom. The molecule has 2 aliphatic carbocycles. The number of rotatable bonds is 3. The maximum absolute atomic E-state index is 12.4. The highest BCUT2D eigenvalue weighted by Gasteiger charge is 2.42. The third kappa shape index (κ3) is 2.80. The average molecular weight is 286 g/mol. The summed E-state index contributed by atoms with van der Waals surface area (Å²) in [6.07, 6.45) is 4.81. The van der Waals surface area contributed by atoms with E-state index in [1.54, 1.807) is 11.9 Å².